The van der Waals surface area contributed by atoms with Gasteiger partial charge >= 0.3 is 6.03 Å². The molecule has 3 N–H and O–H groups in total. The molecule has 3 heterocycles. The van der Waals surface area contributed by atoms with Crippen LogP contribution in [0.4, 0.5) is 4.79 Å². The first-order chi connectivity index (χ1) is 19.9. The van der Waals surface area contributed by atoms with E-state index in [4.69, 9.17) is 9.15 Å². The predicted molar refractivity (Wildman–Crippen MR) is 151 cm³/mol. The molecule has 3 aromatic carbocycles. The molecule has 0 radical (unpaired) electrons. The maximum atomic E-state index is 12.7. The number of urea groups is 1. The number of carbonyl (C=O) groups excluding carboxylic acids is 3. The van der Waals surface area contributed by atoms with E-state index in [1.54, 1.807) is 6.07 Å². The Morgan fingerprint density at radius 3 is 2.41 bits per heavy atom. The summed E-state index contributed by atoms with van der Waals surface area (Å²) in [5, 5.41) is 15.6. The molecule has 1 aliphatic rings. The van der Waals surface area contributed by atoms with Crippen molar-refractivity contribution in [1.29, 1.82) is 0 Å². The lowest BCUT2D eigenvalue weighted by molar-refractivity contribution is -0.123. The maximum Gasteiger partial charge on any atom is 0.328 e. The lowest BCUT2D eigenvalue weighted by atomic mass is 10.1. The number of phenolic OH excluding ortho intramolecular Hbond substituents is 1. The Bertz CT molecular complexity index is 1910. The van der Waals surface area contributed by atoms with Crippen molar-refractivity contribution in [3.05, 3.63) is 100 Å². The molecule has 0 bridgehead atoms. The van der Waals surface area contributed by atoms with Crippen LogP contribution in [0.5, 0.6) is 11.5 Å². The highest BCUT2D eigenvalue weighted by Crippen LogP contribution is 2.31. The third-order valence-corrected chi connectivity index (χ3v) is 6.72. The molecule has 0 aliphatic carbocycles. The van der Waals surface area contributed by atoms with Crippen LogP contribution < -0.4 is 20.8 Å². The number of para-hydroxylation sites is 1. The Balaban J connectivity index is 1.20. The quantitative estimate of drug-likeness (QED) is 0.156. The number of hydrogen-bond donors (Lipinski definition) is 3. The molecule has 1 saturated heterocycles. The van der Waals surface area contributed by atoms with Gasteiger partial charge in [-0.1, -0.05) is 48.5 Å². The summed E-state index contributed by atoms with van der Waals surface area (Å²) < 4.78 is 13.8. The fourth-order valence-corrected chi connectivity index (χ4v) is 4.83. The van der Waals surface area contributed by atoms with Gasteiger partial charge in [0.2, 0.25) is 0 Å². The number of aromatic hydroxyl groups is 1. The average Bonchev–Trinajstić information content (AvgIpc) is 3.30. The summed E-state index contributed by atoms with van der Waals surface area (Å²) in [7, 11) is 0. The highest BCUT2D eigenvalue weighted by Gasteiger charge is 2.28. The van der Waals surface area contributed by atoms with E-state index in [-0.39, 0.29) is 27.7 Å². The molecule has 5 aromatic rings. The van der Waals surface area contributed by atoms with Crippen LogP contribution in [-0.2, 0) is 16.1 Å². The van der Waals surface area contributed by atoms with Gasteiger partial charge < -0.3 is 18.8 Å². The van der Waals surface area contributed by atoms with Crippen molar-refractivity contribution in [2.45, 2.75) is 13.0 Å². The van der Waals surface area contributed by atoms with Crippen LogP contribution in [0.1, 0.15) is 12.0 Å². The molecule has 10 nitrogen and oxygen atoms in total. The zero-order valence-corrected chi connectivity index (χ0v) is 21.5. The number of aryl methyl sites for hydroxylation is 1. The molecule has 0 spiro atoms. The fraction of sp³-hybridized carbons (Fsp3) is 0.0968. The Hall–Kier alpha value is -5.64. The third-order valence-electron chi connectivity index (χ3n) is 6.72. The summed E-state index contributed by atoms with van der Waals surface area (Å²) in [5.74, 6) is -0.990. The lowest BCUT2D eigenvalue weighted by Crippen LogP contribution is -2.51. The van der Waals surface area contributed by atoms with Gasteiger partial charge in [0.25, 0.3) is 11.8 Å². The Kier molecular flexibility index (Phi) is 6.56. The molecule has 10 heteroatoms. The van der Waals surface area contributed by atoms with Gasteiger partial charge in [-0.3, -0.25) is 25.0 Å². The number of fused-ring (bicyclic) bond motifs is 2. The summed E-state index contributed by atoms with van der Waals surface area (Å²) in [6.07, 6.45) is 3.87. The number of carbonyl (C=O) groups is 3. The van der Waals surface area contributed by atoms with E-state index in [9.17, 15) is 24.3 Å². The Morgan fingerprint density at radius 1 is 0.902 bits per heavy atom. The SMILES string of the molecule is O=C1NC(=O)C(=Cc2cn(CCCOc3cc(O)c4c(=O)cc(-c5ccccc5)oc4c3)c3ccccc23)C(=O)N1. The zero-order valence-electron chi connectivity index (χ0n) is 21.5. The van der Waals surface area contributed by atoms with Crippen LogP contribution in [0.2, 0.25) is 0 Å². The van der Waals surface area contributed by atoms with E-state index < -0.39 is 17.8 Å². The fourth-order valence-electron chi connectivity index (χ4n) is 4.83. The van der Waals surface area contributed by atoms with Crippen LogP contribution >= 0.6 is 0 Å². The van der Waals surface area contributed by atoms with E-state index in [0.717, 1.165) is 16.5 Å². The summed E-state index contributed by atoms with van der Waals surface area (Å²) in [6, 6.07) is 20.3. The average molecular weight is 550 g/mol. The summed E-state index contributed by atoms with van der Waals surface area (Å²) in [6.45, 7) is 0.844. The number of hydrogen-bond acceptors (Lipinski definition) is 7. The smallest absolute Gasteiger partial charge is 0.328 e. The minimum absolute atomic E-state index is 0.0854. The van der Waals surface area contributed by atoms with Gasteiger partial charge in [-0.25, -0.2) is 4.79 Å². The van der Waals surface area contributed by atoms with Crippen molar-refractivity contribution in [2.24, 2.45) is 0 Å². The first-order valence-corrected chi connectivity index (χ1v) is 12.8. The normalized spacial score (nSPS) is 13.4. The summed E-state index contributed by atoms with van der Waals surface area (Å²) >= 11 is 0. The van der Waals surface area contributed by atoms with Crippen molar-refractivity contribution >= 4 is 45.8 Å². The standard InChI is InChI=1S/C31H23N3O7/c35-24-14-20(15-27-28(24)25(36)16-26(41-27)18-7-2-1-3-8-18)40-12-6-11-34-17-19(21-9-4-5-10-23(21)34)13-22-29(37)32-31(39)33-30(22)38/h1-5,7-10,13-17,35H,6,11-12H2,(H2,32,33,37,38,39). The molecule has 6 rings (SSSR count). The van der Waals surface area contributed by atoms with Crippen molar-refractivity contribution < 1.29 is 28.6 Å². The number of phenols is 1. The summed E-state index contributed by atoms with van der Waals surface area (Å²) in [5.41, 5.74) is 2.00. The van der Waals surface area contributed by atoms with Crippen molar-refractivity contribution in [3.8, 4) is 22.8 Å². The van der Waals surface area contributed by atoms with E-state index >= 15 is 0 Å². The molecule has 0 saturated carbocycles. The topological polar surface area (TPSA) is 140 Å². The van der Waals surface area contributed by atoms with E-state index in [1.807, 2.05) is 65.4 Å². The van der Waals surface area contributed by atoms with E-state index in [2.05, 4.69) is 10.6 Å². The first kappa shape index (κ1) is 25.6. The monoisotopic (exact) mass is 549 g/mol. The molecular weight excluding hydrogens is 526 g/mol. The number of aromatic nitrogens is 1. The number of imide groups is 2. The number of rotatable bonds is 7. The molecule has 1 fully saturated rings. The zero-order chi connectivity index (χ0) is 28.5. The first-order valence-electron chi connectivity index (χ1n) is 12.8. The number of amides is 4. The molecule has 2 aromatic heterocycles. The van der Waals surface area contributed by atoms with Gasteiger partial charge in [-0.05, 0) is 18.6 Å². The Morgan fingerprint density at radius 2 is 1.63 bits per heavy atom. The van der Waals surface area contributed by atoms with Gasteiger partial charge in [0.1, 0.15) is 33.8 Å². The Labute approximate surface area is 232 Å². The number of benzene rings is 3. The minimum Gasteiger partial charge on any atom is -0.507 e. The van der Waals surface area contributed by atoms with E-state index in [1.165, 1.54) is 18.2 Å². The molecule has 1 aliphatic heterocycles. The second-order valence-electron chi connectivity index (χ2n) is 9.45. The second-order valence-corrected chi connectivity index (χ2v) is 9.45. The van der Waals surface area contributed by atoms with Gasteiger partial charge in [-0.15, -0.1) is 0 Å². The lowest BCUT2D eigenvalue weighted by Gasteiger charge is -2.13. The highest BCUT2D eigenvalue weighted by atomic mass is 16.5. The van der Waals surface area contributed by atoms with Crippen LogP contribution in [0.3, 0.4) is 0 Å². The molecule has 0 unspecified atom stereocenters. The van der Waals surface area contributed by atoms with Crippen molar-refractivity contribution in [2.75, 3.05) is 6.61 Å². The molecule has 204 valence electrons. The molecule has 41 heavy (non-hydrogen) atoms. The van der Waals surface area contributed by atoms with Gasteiger partial charge in [0.05, 0.1) is 6.61 Å². The number of ether oxygens (including phenoxy) is 1. The van der Waals surface area contributed by atoms with Crippen LogP contribution in [0, 0.1) is 0 Å². The largest absolute Gasteiger partial charge is 0.507 e. The molecule has 4 amide bonds. The second kappa shape index (κ2) is 10.5. The van der Waals surface area contributed by atoms with E-state index in [0.29, 0.717) is 36.6 Å². The van der Waals surface area contributed by atoms with Crippen LogP contribution in [0.25, 0.3) is 39.3 Å². The van der Waals surface area contributed by atoms with Crippen molar-refractivity contribution in [1.82, 2.24) is 15.2 Å². The highest BCUT2D eigenvalue weighted by molar-refractivity contribution is 6.31. The predicted octanol–water partition coefficient (Wildman–Crippen LogP) is 4.34. The van der Waals surface area contributed by atoms with Gasteiger partial charge in [0.15, 0.2) is 5.43 Å². The summed E-state index contributed by atoms with van der Waals surface area (Å²) in [4.78, 5) is 48.5. The molecule has 0 atom stereocenters. The van der Waals surface area contributed by atoms with Gasteiger partial charge in [0, 0.05) is 53.0 Å². The van der Waals surface area contributed by atoms with Gasteiger partial charge in [-0.2, -0.15) is 0 Å². The number of barbiturate groups is 1. The maximum absolute atomic E-state index is 12.7. The number of nitrogens with zero attached hydrogens (tertiary/aromatic N) is 1. The number of nitrogens with one attached hydrogen (secondary N) is 2. The molecular formula is C31H23N3O7. The van der Waals surface area contributed by atoms with Crippen molar-refractivity contribution in [3.63, 3.8) is 0 Å². The van der Waals surface area contributed by atoms with Crippen LogP contribution in [-0.4, -0.2) is 34.1 Å². The van der Waals surface area contributed by atoms with Crippen LogP contribution in [0.15, 0.2) is 93.8 Å². The third kappa shape index (κ3) is 5.06. The minimum atomic E-state index is -0.849.